The van der Waals surface area contributed by atoms with Gasteiger partial charge in [-0.2, -0.15) is 0 Å². The van der Waals surface area contributed by atoms with Gasteiger partial charge in [0, 0.05) is 18.7 Å². The Kier molecular flexibility index (Phi) is 5.84. The van der Waals surface area contributed by atoms with Crippen LogP contribution in [0.25, 0.3) is 10.8 Å². The van der Waals surface area contributed by atoms with Crippen LogP contribution in [0.3, 0.4) is 0 Å². The highest BCUT2D eigenvalue weighted by molar-refractivity contribution is 5.87. The normalized spacial score (nSPS) is 10.9. The fourth-order valence-electron chi connectivity index (χ4n) is 2.27. The Hall–Kier alpha value is -1.58. The highest BCUT2D eigenvalue weighted by Crippen LogP contribution is 2.28. The van der Waals surface area contributed by atoms with Crippen molar-refractivity contribution < 1.29 is 9.47 Å². The highest BCUT2D eigenvalue weighted by Gasteiger charge is 2.07. The van der Waals surface area contributed by atoms with Crippen molar-refractivity contribution in [3.63, 3.8) is 0 Å². The van der Waals surface area contributed by atoms with E-state index in [9.17, 15) is 0 Å². The van der Waals surface area contributed by atoms with Gasteiger partial charge in [-0.1, -0.05) is 37.3 Å². The summed E-state index contributed by atoms with van der Waals surface area (Å²) in [6.45, 7) is 4.93. The molecule has 0 aliphatic heterocycles. The van der Waals surface area contributed by atoms with Crippen molar-refractivity contribution in [1.29, 1.82) is 0 Å². The number of nitrogens with one attached hydrogen (secondary N) is 1. The number of fused-ring (bicyclic) bond motifs is 1. The van der Waals surface area contributed by atoms with Gasteiger partial charge < -0.3 is 14.8 Å². The largest absolute Gasteiger partial charge is 0.491 e. The van der Waals surface area contributed by atoms with Gasteiger partial charge in [0.1, 0.15) is 12.4 Å². The van der Waals surface area contributed by atoms with Crippen LogP contribution >= 0.6 is 0 Å². The Morgan fingerprint density at radius 2 is 1.85 bits per heavy atom. The Bertz CT molecular complexity index is 540. The monoisotopic (exact) mass is 273 g/mol. The standard InChI is InChI=1S/C17H23NO2/c1-3-10-19-11-12-20-17-9-8-14-6-4-5-7-15(14)16(17)13-18-2/h4-9,18H,3,10-13H2,1-2H3. The lowest BCUT2D eigenvalue weighted by molar-refractivity contribution is 0.100. The van der Waals surface area contributed by atoms with Gasteiger partial charge in [0.05, 0.1) is 6.61 Å². The summed E-state index contributed by atoms with van der Waals surface area (Å²) in [7, 11) is 1.95. The molecule has 1 N–H and O–H groups in total. The number of rotatable bonds is 8. The van der Waals surface area contributed by atoms with E-state index in [0.29, 0.717) is 13.2 Å². The molecule has 3 nitrogen and oxygen atoms in total. The van der Waals surface area contributed by atoms with Crippen LogP contribution in [-0.4, -0.2) is 26.9 Å². The molecule has 0 radical (unpaired) electrons. The first-order valence-electron chi connectivity index (χ1n) is 7.22. The van der Waals surface area contributed by atoms with Crippen LogP contribution in [0.15, 0.2) is 36.4 Å². The molecule has 0 aliphatic rings. The minimum atomic E-state index is 0.592. The van der Waals surface area contributed by atoms with Crippen molar-refractivity contribution in [3.05, 3.63) is 42.0 Å². The van der Waals surface area contributed by atoms with Crippen LogP contribution in [0.2, 0.25) is 0 Å². The summed E-state index contributed by atoms with van der Waals surface area (Å²) in [6.07, 6.45) is 1.04. The fraction of sp³-hybridized carbons (Fsp3) is 0.412. The Morgan fingerprint density at radius 3 is 2.65 bits per heavy atom. The zero-order valence-electron chi connectivity index (χ0n) is 12.3. The maximum Gasteiger partial charge on any atom is 0.124 e. The number of hydrogen-bond donors (Lipinski definition) is 1. The Morgan fingerprint density at radius 1 is 1.00 bits per heavy atom. The lowest BCUT2D eigenvalue weighted by Gasteiger charge is -2.14. The van der Waals surface area contributed by atoms with Crippen molar-refractivity contribution in [3.8, 4) is 5.75 Å². The molecule has 20 heavy (non-hydrogen) atoms. The molecule has 0 unspecified atom stereocenters. The molecule has 0 bridgehead atoms. The van der Waals surface area contributed by atoms with Crippen molar-refractivity contribution >= 4 is 10.8 Å². The minimum absolute atomic E-state index is 0.592. The molecule has 0 saturated carbocycles. The lowest BCUT2D eigenvalue weighted by Crippen LogP contribution is -2.11. The minimum Gasteiger partial charge on any atom is -0.491 e. The SMILES string of the molecule is CCCOCCOc1ccc2ccccc2c1CNC. The maximum absolute atomic E-state index is 5.88. The van der Waals surface area contributed by atoms with E-state index in [-0.39, 0.29) is 0 Å². The van der Waals surface area contributed by atoms with Crippen LogP contribution in [0.5, 0.6) is 5.75 Å². The van der Waals surface area contributed by atoms with Crippen molar-refractivity contribution in [2.45, 2.75) is 19.9 Å². The van der Waals surface area contributed by atoms with E-state index in [1.165, 1.54) is 16.3 Å². The third-order valence-corrected chi connectivity index (χ3v) is 3.18. The van der Waals surface area contributed by atoms with Crippen LogP contribution in [0.1, 0.15) is 18.9 Å². The molecule has 0 atom stereocenters. The predicted molar refractivity (Wildman–Crippen MR) is 83.3 cm³/mol. The second-order valence-electron chi connectivity index (χ2n) is 4.75. The molecule has 2 aromatic carbocycles. The average Bonchev–Trinajstić information content (AvgIpc) is 2.49. The third-order valence-electron chi connectivity index (χ3n) is 3.18. The van der Waals surface area contributed by atoms with Crippen LogP contribution in [0.4, 0.5) is 0 Å². The zero-order chi connectivity index (χ0) is 14.2. The number of ether oxygens (including phenoxy) is 2. The van der Waals surface area contributed by atoms with Crippen LogP contribution in [0, 0.1) is 0 Å². The summed E-state index contributed by atoms with van der Waals surface area (Å²) in [6, 6.07) is 12.6. The van der Waals surface area contributed by atoms with E-state index in [1.54, 1.807) is 0 Å². The van der Waals surface area contributed by atoms with Gasteiger partial charge in [0.2, 0.25) is 0 Å². The van der Waals surface area contributed by atoms with E-state index >= 15 is 0 Å². The van der Waals surface area contributed by atoms with Crippen molar-refractivity contribution in [2.75, 3.05) is 26.9 Å². The Labute approximate surface area is 120 Å². The smallest absolute Gasteiger partial charge is 0.124 e. The molecule has 2 aromatic rings. The van der Waals surface area contributed by atoms with E-state index in [2.05, 4.69) is 48.6 Å². The fourth-order valence-corrected chi connectivity index (χ4v) is 2.27. The quantitative estimate of drug-likeness (QED) is 0.748. The summed E-state index contributed by atoms with van der Waals surface area (Å²) in [5.74, 6) is 0.943. The van der Waals surface area contributed by atoms with Gasteiger partial charge in [-0.25, -0.2) is 0 Å². The van der Waals surface area contributed by atoms with Gasteiger partial charge >= 0.3 is 0 Å². The third kappa shape index (κ3) is 3.71. The first-order chi connectivity index (χ1) is 9.86. The van der Waals surface area contributed by atoms with Crippen molar-refractivity contribution in [2.24, 2.45) is 0 Å². The molecule has 0 saturated heterocycles. The summed E-state index contributed by atoms with van der Waals surface area (Å²) >= 11 is 0. The topological polar surface area (TPSA) is 30.5 Å². The van der Waals surface area contributed by atoms with Gasteiger partial charge in [-0.05, 0) is 30.3 Å². The number of hydrogen-bond acceptors (Lipinski definition) is 3. The zero-order valence-corrected chi connectivity index (χ0v) is 12.3. The van der Waals surface area contributed by atoms with Gasteiger partial charge in [-0.3, -0.25) is 0 Å². The molecule has 0 aromatic heterocycles. The van der Waals surface area contributed by atoms with Crippen molar-refractivity contribution in [1.82, 2.24) is 5.32 Å². The van der Waals surface area contributed by atoms with E-state index < -0.39 is 0 Å². The maximum atomic E-state index is 5.88. The molecule has 0 amide bonds. The highest BCUT2D eigenvalue weighted by atomic mass is 16.5. The van der Waals surface area contributed by atoms with Gasteiger partial charge in [-0.15, -0.1) is 0 Å². The van der Waals surface area contributed by atoms with Crippen LogP contribution < -0.4 is 10.1 Å². The van der Waals surface area contributed by atoms with Gasteiger partial charge in [0.15, 0.2) is 0 Å². The van der Waals surface area contributed by atoms with E-state index in [0.717, 1.165) is 25.3 Å². The van der Waals surface area contributed by atoms with E-state index in [4.69, 9.17) is 9.47 Å². The molecule has 3 heteroatoms. The first-order valence-corrected chi connectivity index (χ1v) is 7.22. The summed E-state index contributed by atoms with van der Waals surface area (Å²) in [4.78, 5) is 0. The molecule has 0 fully saturated rings. The second kappa shape index (κ2) is 7.88. The molecular weight excluding hydrogens is 250 g/mol. The first kappa shape index (κ1) is 14.8. The molecule has 108 valence electrons. The second-order valence-corrected chi connectivity index (χ2v) is 4.75. The van der Waals surface area contributed by atoms with E-state index in [1.807, 2.05) is 7.05 Å². The molecule has 0 heterocycles. The predicted octanol–water partition coefficient (Wildman–Crippen LogP) is 3.36. The number of benzene rings is 2. The summed E-state index contributed by atoms with van der Waals surface area (Å²) in [5, 5.41) is 5.70. The van der Waals surface area contributed by atoms with Crippen LogP contribution in [-0.2, 0) is 11.3 Å². The van der Waals surface area contributed by atoms with Gasteiger partial charge in [0.25, 0.3) is 0 Å². The molecule has 0 aliphatic carbocycles. The lowest BCUT2D eigenvalue weighted by atomic mass is 10.0. The Balaban J connectivity index is 2.13. The summed E-state index contributed by atoms with van der Waals surface area (Å²) < 4.78 is 11.3. The molecule has 2 rings (SSSR count). The molecular formula is C17H23NO2. The summed E-state index contributed by atoms with van der Waals surface area (Å²) in [5.41, 5.74) is 1.21. The average molecular weight is 273 g/mol. The molecule has 0 spiro atoms.